The van der Waals surface area contributed by atoms with Gasteiger partial charge in [-0.15, -0.1) is 0 Å². The fourth-order valence-corrected chi connectivity index (χ4v) is 2.81. The zero-order valence-electron chi connectivity index (χ0n) is 12.7. The van der Waals surface area contributed by atoms with Crippen LogP contribution >= 0.6 is 0 Å². The minimum absolute atomic E-state index is 0.0964. The highest BCUT2D eigenvalue weighted by atomic mass is 16.1. The lowest BCUT2D eigenvalue weighted by molar-refractivity contribution is 0.639. The quantitative estimate of drug-likeness (QED) is 0.698. The highest BCUT2D eigenvalue weighted by molar-refractivity contribution is 5.86. The van der Waals surface area contributed by atoms with E-state index >= 15 is 0 Å². The number of H-pyrrole nitrogens is 1. The maximum absolute atomic E-state index is 11.7. The lowest BCUT2D eigenvalue weighted by atomic mass is 10.2. The summed E-state index contributed by atoms with van der Waals surface area (Å²) < 4.78 is 1.33. The molecule has 9 heteroatoms. The van der Waals surface area contributed by atoms with E-state index in [1.807, 2.05) is 0 Å². The van der Waals surface area contributed by atoms with Crippen molar-refractivity contribution < 1.29 is 0 Å². The third-order valence-electron chi connectivity index (χ3n) is 4.12. The van der Waals surface area contributed by atoms with E-state index in [1.54, 1.807) is 31.8 Å². The lowest BCUT2D eigenvalue weighted by Gasteiger charge is -2.36. The molecule has 1 saturated heterocycles. The topological polar surface area (TPSA) is 95.8 Å². The molecule has 0 saturated carbocycles. The molecule has 0 spiro atoms. The average Bonchev–Trinajstić information content (AvgIpc) is 3.06. The molecule has 1 aliphatic rings. The van der Waals surface area contributed by atoms with Gasteiger partial charge < -0.3 is 9.80 Å². The SMILES string of the molecule is Cn1ncc(N2CCN(c3ncnc4[nH]ncc34)CC2)cc1=O. The smallest absolute Gasteiger partial charge is 0.268 e. The minimum Gasteiger partial charge on any atom is -0.367 e. The van der Waals surface area contributed by atoms with Crippen molar-refractivity contribution in [2.75, 3.05) is 36.0 Å². The molecule has 1 N–H and O–H groups in total. The van der Waals surface area contributed by atoms with Crippen molar-refractivity contribution in [1.29, 1.82) is 0 Å². The first-order valence-electron chi connectivity index (χ1n) is 7.40. The molecule has 23 heavy (non-hydrogen) atoms. The Morgan fingerprint density at radius 2 is 1.87 bits per heavy atom. The van der Waals surface area contributed by atoms with Crippen LogP contribution in [0.3, 0.4) is 0 Å². The van der Waals surface area contributed by atoms with Gasteiger partial charge in [0.25, 0.3) is 5.56 Å². The fourth-order valence-electron chi connectivity index (χ4n) is 2.81. The summed E-state index contributed by atoms with van der Waals surface area (Å²) >= 11 is 0. The van der Waals surface area contributed by atoms with Crippen LogP contribution in [0.1, 0.15) is 0 Å². The first-order chi connectivity index (χ1) is 11.2. The molecule has 3 aromatic rings. The molecule has 9 nitrogen and oxygen atoms in total. The summed E-state index contributed by atoms with van der Waals surface area (Å²) in [5, 5.41) is 11.9. The van der Waals surface area contributed by atoms with E-state index < -0.39 is 0 Å². The van der Waals surface area contributed by atoms with Gasteiger partial charge in [-0.3, -0.25) is 9.89 Å². The lowest BCUT2D eigenvalue weighted by Crippen LogP contribution is -2.47. The Labute approximate surface area is 131 Å². The van der Waals surface area contributed by atoms with E-state index in [0.717, 1.165) is 48.7 Å². The van der Waals surface area contributed by atoms with Crippen LogP contribution in [0.2, 0.25) is 0 Å². The van der Waals surface area contributed by atoms with Crippen molar-refractivity contribution in [2.45, 2.75) is 0 Å². The molecule has 0 bridgehead atoms. The maximum Gasteiger partial charge on any atom is 0.268 e. The molecule has 118 valence electrons. The summed E-state index contributed by atoms with van der Waals surface area (Å²) in [6.45, 7) is 3.23. The second-order valence-corrected chi connectivity index (χ2v) is 5.48. The molecule has 0 atom stereocenters. The number of fused-ring (bicyclic) bond motifs is 1. The summed E-state index contributed by atoms with van der Waals surface area (Å²) in [7, 11) is 1.65. The molecule has 1 fully saturated rings. The molecule has 3 aromatic heterocycles. The van der Waals surface area contributed by atoms with Gasteiger partial charge in [0.05, 0.1) is 23.5 Å². The van der Waals surface area contributed by atoms with E-state index in [1.165, 1.54) is 4.68 Å². The van der Waals surface area contributed by atoms with E-state index in [9.17, 15) is 4.79 Å². The molecule has 0 amide bonds. The highest BCUT2D eigenvalue weighted by Crippen LogP contribution is 2.23. The molecule has 1 aliphatic heterocycles. The highest BCUT2D eigenvalue weighted by Gasteiger charge is 2.21. The van der Waals surface area contributed by atoms with Crippen LogP contribution in [0.15, 0.2) is 29.6 Å². The Kier molecular flexibility index (Phi) is 3.18. The zero-order chi connectivity index (χ0) is 15.8. The number of piperazine rings is 1. The predicted octanol–water partition coefficient (Wildman–Crippen LogP) is -0.227. The number of anilines is 2. The summed E-state index contributed by atoms with van der Waals surface area (Å²) in [5.41, 5.74) is 1.51. The Morgan fingerprint density at radius 1 is 1.09 bits per heavy atom. The number of nitrogens with zero attached hydrogens (tertiary/aromatic N) is 7. The van der Waals surface area contributed by atoms with Crippen LogP contribution in [-0.2, 0) is 7.05 Å². The largest absolute Gasteiger partial charge is 0.367 e. The molecular formula is C14H16N8O. The molecular weight excluding hydrogens is 296 g/mol. The Bertz CT molecular complexity index is 893. The van der Waals surface area contributed by atoms with Gasteiger partial charge in [-0.25, -0.2) is 14.6 Å². The zero-order valence-corrected chi connectivity index (χ0v) is 12.7. The number of hydrogen-bond acceptors (Lipinski definition) is 7. The standard InChI is InChI=1S/C14H16N8O/c1-20-12(23)6-10(7-18-20)21-2-4-22(5-3-21)14-11-8-17-19-13(11)15-9-16-14/h6-9H,2-5H2,1H3,(H,15,16,17,19). The van der Waals surface area contributed by atoms with Crippen molar-refractivity contribution in [1.82, 2.24) is 29.9 Å². The molecule has 4 heterocycles. The summed E-state index contributed by atoms with van der Waals surface area (Å²) in [6, 6.07) is 1.63. The number of rotatable bonds is 2. The Hall–Kier alpha value is -2.97. The normalized spacial score (nSPS) is 15.3. The van der Waals surface area contributed by atoms with Gasteiger partial charge in [0, 0.05) is 39.3 Å². The monoisotopic (exact) mass is 312 g/mol. The number of nitrogens with one attached hydrogen (secondary N) is 1. The van der Waals surface area contributed by atoms with Crippen molar-refractivity contribution in [3.63, 3.8) is 0 Å². The summed E-state index contributed by atoms with van der Waals surface area (Å²) in [6.07, 6.45) is 5.03. The van der Waals surface area contributed by atoms with Crippen molar-refractivity contribution >= 4 is 22.5 Å². The van der Waals surface area contributed by atoms with Crippen LogP contribution < -0.4 is 15.4 Å². The van der Waals surface area contributed by atoms with Crippen LogP contribution in [-0.4, -0.2) is 56.1 Å². The average molecular weight is 312 g/mol. The van der Waals surface area contributed by atoms with Gasteiger partial charge in [-0.05, 0) is 0 Å². The Balaban J connectivity index is 1.54. The maximum atomic E-state index is 11.7. The molecule has 0 radical (unpaired) electrons. The second-order valence-electron chi connectivity index (χ2n) is 5.48. The molecule has 0 aliphatic carbocycles. The van der Waals surface area contributed by atoms with Crippen molar-refractivity contribution in [3.05, 3.63) is 35.1 Å². The molecule has 4 rings (SSSR count). The van der Waals surface area contributed by atoms with E-state index in [0.29, 0.717) is 0 Å². The Morgan fingerprint density at radius 3 is 2.65 bits per heavy atom. The predicted molar refractivity (Wildman–Crippen MR) is 85.6 cm³/mol. The van der Waals surface area contributed by atoms with E-state index in [4.69, 9.17) is 0 Å². The van der Waals surface area contributed by atoms with Crippen LogP contribution in [0.5, 0.6) is 0 Å². The number of aryl methyl sites for hydroxylation is 1. The van der Waals surface area contributed by atoms with E-state index in [-0.39, 0.29) is 5.56 Å². The summed E-state index contributed by atoms with van der Waals surface area (Å²) in [5.74, 6) is 0.894. The van der Waals surface area contributed by atoms with Gasteiger partial charge in [-0.2, -0.15) is 10.2 Å². The first kappa shape index (κ1) is 13.7. The first-order valence-corrected chi connectivity index (χ1v) is 7.40. The summed E-state index contributed by atoms with van der Waals surface area (Å²) in [4.78, 5) is 24.7. The van der Waals surface area contributed by atoms with Gasteiger partial charge >= 0.3 is 0 Å². The van der Waals surface area contributed by atoms with Crippen LogP contribution in [0.25, 0.3) is 11.0 Å². The molecule has 0 unspecified atom stereocenters. The number of aromatic amines is 1. The van der Waals surface area contributed by atoms with Gasteiger partial charge in [0.1, 0.15) is 12.1 Å². The number of aromatic nitrogens is 6. The van der Waals surface area contributed by atoms with Gasteiger partial charge in [0.15, 0.2) is 5.65 Å². The minimum atomic E-state index is -0.0964. The third-order valence-corrected chi connectivity index (χ3v) is 4.12. The molecule has 0 aromatic carbocycles. The second kappa shape index (κ2) is 5.34. The van der Waals surface area contributed by atoms with Crippen molar-refractivity contribution in [2.24, 2.45) is 7.05 Å². The van der Waals surface area contributed by atoms with Gasteiger partial charge in [0.2, 0.25) is 0 Å². The van der Waals surface area contributed by atoms with Gasteiger partial charge in [-0.1, -0.05) is 0 Å². The number of hydrogen-bond donors (Lipinski definition) is 1. The van der Waals surface area contributed by atoms with Crippen LogP contribution in [0.4, 0.5) is 11.5 Å². The van der Waals surface area contributed by atoms with Crippen LogP contribution in [0, 0.1) is 0 Å². The fraction of sp³-hybridized carbons (Fsp3) is 0.357. The van der Waals surface area contributed by atoms with Crippen molar-refractivity contribution in [3.8, 4) is 0 Å². The van der Waals surface area contributed by atoms with E-state index in [2.05, 4.69) is 35.1 Å². The third kappa shape index (κ3) is 2.39.